The van der Waals surface area contributed by atoms with Crippen molar-refractivity contribution < 1.29 is 9.59 Å². The molecule has 0 radical (unpaired) electrons. The lowest BCUT2D eigenvalue weighted by Gasteiger charge is -2.42. The Kier molecular flexibility index (Phi) is 5.51. The number of hydrogen-bond donors (Lipinski definition) is 1. The van der Waals surface area contributed by atoms with Crippen molar-refractivity contribution >= 4 is 11.8 Å². The van der Waals surface area contributed by atoms with Crippen LogP contribution in [0.5, 0.6) is 0 Å². The van der Waals surface area contributed by atoms with E-state index in [0.717, 1.165) is 12.8 Å². The van der Waals surface area contributed by atoms with E-state index in [0.29, 0.717) is 25.6 Å². The molecule has 0 atom stereocenters. The Bertz CT molecular complexity index is 877. The first-order valence-electron chi connectivity index (χ1n) is 10.4. The van der Waals surface area contributed by atoms with Crippen molar-refractivity contribution in [2.24, 2.45) is 0 Å². The van der Waals surface area contributed by atoms with Gasteiger partial charge in [-0.05, 0) is 48.8 Å². The van der Waals surface area contributed by atoms with E-state index < -0.39 is 0 Å². The minimum absolute atomic E-state index is 0.104. The van der Waals surface area contributed by atoms with Crippen LogP contribution in [0.3, 0.4) is 0 Å². The van der Waals surface area contributed by atoms with E-state index in [2.05, 4.69) is 29.1 Å². The van der Waals surface area contributed by atoms with E-state index in [9.17, 15) is 9.59 Å². The summed E-state index contributed by atoms with van der Waals surface area (Å²) in [4.78, 5) is 26.5. The molecule has 0 spiro atoms. The largest absolute Gasteiger partial charge is 0.352 e. The summed E-state index contributed by atoms with van der Waals surface area (Å²) in [5, 5.41) is 7.33. The summed E-state index contributed by atoms with van der Waals surface area (Å²) in [6.07, 6.45) is 9.30. The van der Waals surface area contributed by atoms with E-state index in [4.69, 9.17) is 0 Å². The van der Waals surface area contributed by atoms with Gasteiger partial charge in [0.1, 0.15) is 6.54 Å². The van der Waals surface area contributed by atoms with Gasteiger partial charge in [-0.1, -0.05) is 36.9 Å². The fraction of sp³-hybridized carbons (Fsp3) is 0.435. The van der Waals surface area contributed by atoms with Crippen molar-refractivity contribution in [1.29, 1.82) is 0 Å². The maximum Gasteiger partial charge on any atom is 0.244 e. The average Bonchev–Trinajstić information content (AvgIpc) is 3.52. The molecule has 1 aromatic heterocycles. The number of hydrogen-bond acceptors (Lipinski definition) is 3. The van der Waals surface area contributed by atoms with Gasteiger partial charge in [0, 0.05) is 31.2 Å². The normalized spacial score (nSPS) is 18.3. The summed E-state index contributed by atoms with van der Waals surface area (Å²) in [5.74, 6) is 0.585. The number of nitrogens with one attached hydrogen (secondary N) is 1. The minimum atomic E-state index is -0.165. The number of likely N-dealkylation sites (tertiary alicyclic amines) is 1. The first-order valence-corrected chi connectivity index (χ1v) is 10.4. The second-order valence-electron chi connectivity index (χ2n) is 8.19. The molecule has 2 aromatic rings. The molecular formula is C23H28N4O2. The first kappa shape index (κ1) is 19.4. The average molecular weight is 393 g/mol. The lowest BCUT2D eigenvalue weighted by molar-refractivity contribution is -0.133. The molecular weight excluding hydrogens is 364 g/mol. The molecule has 0 unspecified atom stereocenters. The molecule has 29 heavy (non-hydrogen) atoms. The third-order valence-electron chi connectivity index (χ3n) is 6.25. The summed E-state index contributed by atoms with van der Waals surface area (Å²) in [6.45, 7) is 5.73. The third kappa shape index (κ3) is 4.42. The van der Waals surface area contributed by atoms with Gasteiger partial charge in [-0.3, -0.25) is 14.3 Å². The summed E-state index contributed by atoms with van der Waals surface area (Å²) >= 11 is 0. The molecule has 1 aromatic carbocycles. The fourth-order valence-electron chi connectivity index (χ4n) is 4.20. The van der Waals surface area contributed by atoms with Crippen LogP contribution in [0.15, 0.2) is 55.4 Å². The molecule has 0 bridgehead atoms. The van der Waals surface area contributed by atoms with Gasteiger partial charge in [0.15, 0.2) is 0 Å². The molecule has 1 saturated heterocycles. The van der Waals surface area contributed by atoms with E-state index in [-0.39, 0.29) is 23.8 Å². The monoisotopic (exact) mass is 392 g/mol. The van der Waals surface area contributed by atoms with Crippen molar-refractivity contribution in [1.82, 2.24) is 20.0 Å². The van der Waals surface area contributed by atoms with Crippen LogP contribution in [-0.2, 0) is 21.5 Å². The number of piperidine rings is 1. The first-order chi connectivity index (χ1) is 14.1. The van der Waals surface area contributed by atoms with Gasteiger partial charge < -0.3 is 10.2 Å². The van der Waals surface area contributed by atoms with Crippen LogP contribution in [-0.4, -0.2) is 46.1 Å². The molecule has 152 valence electrons. The Morgan fingerprint density at radius 1 is 1.21 bits per heavy atom. The quantitative estimate of drug-likeness (QED) is 0.737. The van der Waals surface area contributed by atoms with E-state index in [1.807, 2.05) is 35.5 Å². The lowest BCUT2D eigenvalue weighted by Crippen LogP contribution is -2.50. The zero-order chi connectivity index (χ0) is 20.3. The van der Waals surface area contributed by atoms with Crippen LogP contribution in [0.25, 0.3) is 0 Å². The molecule has 1 aliphatic heterocycles. The van der Waals surface area contributed by atoms with Gasteiger partial charge in [-0.2, -0.15) is 5.10 Å². The molecule has 2 amide bonds. The van der Waals surface area contributed by atoms with E-state index in [1.165, 1.54) is 30.0 Å². The molecule has 6 heteroatoms. The molecule has 6 nitrogen and oxygen atoms in total. The number of carbonyl (C=O) groups excluding carboxylic acids is 2. The Labute approximate surface area is 171 Å². The number of nitrogens with zero attached hydrogens (tertiary/aromatic N) is 3. The highest BCUT2D eigenvalue weighted by Crippen LogP contribution is 2.39. The van der Waals surface area contributed by atoms with Gasteiger partial charge in [0.05, 0.1) is 6.20 Å². The highest BCUT2D eigenvalue weighted by atomic mass is 16.2. The number of benzene rings is 1. The molecule has 2 aliphatic rings. The zero-order valence-corrected chi connectivity index (χ0v) is 16.7. The summed E-state index contributed by atoms with van der Waals surface area (Å²) < 4.78 is 1.76. The second kappa shape index (κ2) is 8.23. The topological polar surface area (TPSA) is 67.2 Å². The standard InChI is InChI=1S/C23H28N4O2/c1-2-21(28)24-17-23(20-6-4-3-5-7-20)10-12-26(13-11-23)22(29)16-27-15-19(14-25-27)18-8-9-18/h2-7,14-15,18H,1,8-13,16-17H2,(H,24,28). The van der Waals surface area contributed by atoms with Crippen LogP contribution in [0.2, 0.25) is 0 Å². The van der Waals surface area contributed by atoms with E-state index >= 15 is 0 Å². The summed E-state index contributed by atoms with van der Waals surface area (Å²) in [7, 11) is 0. The SMILES string of the molecule is C=CC(=O)NCC1(c2ccccc2)CCN(C(=O)Cn2cc(C3CC3)cn2)CC1. The van der Waals surface area contributed by atoms with Crippen LogP contribution in [0.1, 0.15) is 42.7 Å². The Morgan fingerprint density at radius 3 is 2.59 bits per heavy atom. The Morgan fingerprint density at radius 2 is 1.93 bits per heavy atom. The molecule has 1 aliphatic carbocycles. The van der Waals surface area contributed by atoms with Crippen molar-refractivity contribution in [2.75, 3.05) is 19.6 Å². The highest BCUT2D eigenvalue weighted by molar-refractivity contribution is 5.86. The lowest BCUT2D eigenvalue weighted by atomic mass is 9.72. The maximum atomic E-state index is 12.8. The van der Waals surface area contributed by atoms with Gasteiger partial charge >= 0.3 is 0 Å². The van der Waals surface area contributed by atoms with E-state index in [1.54, 1.807) is 4.68 Å². The minimum Gasteiger partial charge on any atom is -0.352 e. The molecule has 1 saturated carbocycles. The van der Waals surface area contributed by atoms with Gasteiger partial charge in [0.2, 0.25) is 11.8 Å². The van der Waals surface area contributed by atoms with Crippen molar-refractivity contribution in [3.05, 3.63) is 66.5 Å². The van der Waals surface area contributed by atoms with Crippen molar-refractivity contribution in [2.45, 2.75) is 43.6 Å². The summed E-state index contributed by atoms with van der Waals surface area (Å²) in [5.41, 5.74) is 2.29. The van der Waals surface area contributed by atoms with Gasteiger partial charge in [-0.25, -0.2) is 0 Å². The van der Waals surface area contributed by atoms with Crippen molar-refractivity contribution in [3.63, 3.8) is 0 Å². The molecule has 4 rings (SSSR count). The fourth-order valence-corrected chi connectivity index (χ4v) is 4.20. The highest BCUT2D eigenvalue weighted by Gasteiger charge is 2.37. The van der Waals surface area contributed by atoms with Crippen LogP contribution < -0.4 is 5.32 Å². The number of carbonyl (C=O) groups is 2. The van der Waals surface area contributed by atoms with Gasteiger partial charge in [0.25, 0.3) is 0 Å². The maximum absolute atomic E-state index is 12.8. The Balaban J connectivity index is 1.40. The van der Waals surface area contributed by atoms with Gasteiger partial charge in [-0.15, -0.1) is 0 Å². The third-order valence-corrected chi connectivity index (χ3v) is 6.25. The van der Waals surface area contributed by atoms with Crippen LogP contribution in [0, 0.1) is 0 Å². The molecule has 2 heterocycles. The Hall–Kier alpha value is -2.89. The molecule has 1 N–H and O–H groups in total. The molecule has 2 fully saturated rings. The zero-order valence-electron chi connectivity index (χ0n) is 16.7. The predicted molar refractivity (Wildman–Crippen MR) is 111 cm³/mol. The number of amides is 2. The smallest absolute Gasteiger partial charge is 0.244 e. The van der Waals surface area contributed by atoms with Crippen LogP contribution in [0.4, 0.5) is 0 Å². The second-order valence-corrected chi connectivity index (χ2v) is 8.19. The number of aromatic nitrogens is 2. The van der Waals surface area contributed by atoms with Crippen molar-refractivity contribution in [3.8, 4) is 0 Å². The number of rotatable bonds is 7. The van der Waals surface area contributed by atoms with Crippen LogP contribution >= 0.6 is 0 Å². The summed E-state index contributed by atoms with van der Waals surface area (Å²) in [6, 6.07) is 10.3. The predicted octanol–water partition coefficient (Wildman–Crippen LogP) is 2.62.